The molecule has 1 aromatic carbocycles. The summed E-state index contributed by atoms with van der Waals surface area (Å²) in [4.78, 5) is 13.4. The number of hydrogen-bond donors (Lipinski definition) is 2. The van der Waals surface area contributed by atoms with Gasteiger partial charge in [-0.25, -0.2) is 4.39 Å². The second-order valence-electron chi connectivity index (χ2n) is 6.78. The van der Waals surface area contributed by atoms with Crippen molar-refractivity contribution in [2.45, 2.75) is 33.0 Å². The van der Waals surface area contributed by atoms with E-state index in [9.17, 15) is 14.3 Å². The predicted molar refractivity (Wildman–Crippen MR) is 97.7 cm³/mol. The summed E-state index contributed by atoms with van der Waals surface area (Å²) in [5, 5.41) is 13.4. The van der Waals surface area contributed by atoms with Gasteiger partial charge in [0.15, 0.2) is 0 Å². The molecule has 26 heavy (non-hydrogen) atoms. The molecule has 3 heterocycles. The highest BCUT2D eigenvalue weighted by atomic mass is 19.1. The molecule has 0 radical (unpaired) electrons. The Hall–Kier alpha value is -3.02. The largest absolute Gasteiger partial charge is 0.481 e. The van der Waals surface area contributed by atoms with Gasteiger partial charge in [-0.1, -0.05) is 6.08 Å². The van der Waals surface area contributed by atoms with Gasteiger partial charge in [0.25, 0.3) is 0 Å². The molecule has 2 aliphatic heterocycles. The lowest BCUT2D eigenvalue weighted by Gasteiger charge is -2.25. The average Bonchev–Trinajstić information content (AvgIpc) is 3.10. The van der Waals surface area contributed by atoms with Crippen LogP contribution in [0.2, 0.25) is 0 Å². The first-order valence-corrected chi connectivity index (χ1v) is 8.52. The van der Waals surface area contributed by atoms with Crippen LogP contribution in [0.5, 0.6) is 0 Å². The minimum atomic E-state index is -0.919. The zero-order valence-corrected chi connectivity index (χ0v) is 14.7. The molecule has 1 atom stereocenters. The summed E-state index contributed by atoms with van der Waals surface area (Å²) in [6.07, 6.45) is 8.16. The van der Waals surface area contributed by atoms with Crippen LogP contribution in [0.1, 0.15) is 18.2 Å². The second kappa shape index (κ2) is 6.05. The number of rotatable bonds is 4. The van der Waals surface area contributed by atoms with Gasteiger partial charge in [0.1, 0.15) is 12.0 Å². The summed E-state index contributed by atoms with van der Waals surface area (Å²) in [6, 6.07) is 4.56. The van der Waals surface area contributed by atoms with Gasteiger partial charge in [0.2, 0.25) is 0 Å². The number of fused-ring (bicyclic) bond motifs is 2. The van der Waals surface area contributed by atoms with E-state index in [1.807, 2.05) is 23.8 Å². The normalized spacial score (nSPS) is 18.6. The van der Waals surface area contributed by atoms with E-state index in [0.717, 1.165) is 16.9 Å². The fourth-order valence-corrected chi connectivity index (χ4v) is 3.76. The van der Waals surface area contributed by atoms with Crippen molar-refractivity contribution in [2.75, 3.05) is 0 Å². The molecule has 1 unspecified atom stereocenters. The molecule has 0 saturated heterocycles. The van der Waals surface area contributed by atoms with Crippen molar-refractivity contribution in [1.29, 1.82) is 0 Å². The number of carboxylic acid groups (broad SMARTS) is 1. The summed E-state index contributed by atoms with van der Waals surface area (Å²) in [6.45, 7) is 4.54. The number of nitrogens with zero attached hydrogens (tertiary/aromatic N) is 2. The van der Waals surface area contributed by atoms with Crippen LogP contribution < -0.4 is 5.32 Å². The van der Waals surface area contributed by atoms with Crippen molar-refractivity contribution in [2.24, 2.45) is 0 Å². The van der Waals surface area contributed by atoms with E-state index in [1.165, 1.54) is 17.7 Å². The highest BCUT2D eigenvalue weighted by Crippen LogP contribution is 2.29. The van der Waals surface area contributed by atoms with Crippen LogP contribution in [0.15, 0.2) is 54.0 Å². The van der Waals surface area contributed by atoms with Crippen LogP contribution in [0.25, 0.3) is 10.9 Å². The van der Waals surface area contributed by atoms with Crippen LogP contribution in [0.3, 0.4) is 0 Å². The van der Waals surface area contributed by atoms with Crippen molar-refractivity contribution in [1.82, 2.24) is 14.8 Å². The van der Waals surface area contributed by atoms with Gasteiger partial charge in [0.05, 0.1) is 13.0 Å². The Balaban J connectivity index is 1.73. The molecule has 2 aromatic rings. The summed E-state index contributed by atoms with van der Waals surface area (Å²) >= 11 is 0. The first-order chi connectivity index (χ1) is 12.4. The summed E-state index contributed by atoms with van der Waals surface area (Å²) in [7, 11) is 0. The molecule has 134 valence electrons. The summed E-state index contributed by atoms with van der Waals surface area (Å²) in [5.74, 6) is -1.28. The lowest BCUT2D eigenvalue weighted by molar-refractivity contribution is -0.136. The number of nitrogens with one attached hydrogen (secondary N) is 1. The molecule has 0 spiro atoms. The molecular formula is C20H20FN3O2. The van der Waals surface area contributed by atoms with Crippen molar-refractivity contribution >= 4 is 16.9 Å². The van der Waals surface area contributed by atoms with Crippen molar-refractivity contribution in [3.8, 4) is 0 Å². The number of allylic oxidation sites excluding steroid dienone is 3. The minimum absolute atomic E-state index is 0.119. The highest BCUT2D eigenvalue weighted by Gasteiger charge is 2.26. The van der Waals surface area contributed by atoms with Gasteiger partial charge in [-0.15, -0.1) is 0 Å². The standard InChI is InChI=1S/C20H20FN3O2/c1-12-4-3-7-23-10-15(22-20(12)23)11-24-13(2)16(9-19(25)26)17-8-14(21)5-6-18(17)24/h3-8,10,20,22H,9,11H2,1-2H3,(H,25,26). The molecule has 1 aromatic heterocycles. The van der Waals surface area contributed by atoms with Gasteiger partial charge in [-0.05, 0) is 49.3 Å². The van der Waals surface area contributed by atoms with Crippen molar-refractivity contribution < 1.29 is 14.3 Å². The molecule has 6 heteroatoms. The van der Waals surface area contributed by atoms with Gasteiger partial charge in [-0.2, -0.15) is 0 Å². The molecular weight excluding hydrogens is 333 g/mol. The number of aliphatic carboxylic acids is 1. The topological polar surface area (TPSA) is 57.5 Å². The molecule has 2 aliphatic rings. The third-order valence-electron chi connectivity index (χ3n) is 5.05. The van der Waals surface area contributed by atoms with Crippen LogP contribution in [-0.4, -0.2) is 26.7 Å². The predicted octanol–water partition coefficient (Wildman–Crippen LogP) is 3.26. The molecule has 0 bridgehead atoms. The smallest absolute Gasteiger partial charge is 0.307 e. The lowest BCUT2D eigenvalue weighted by Crippen LogP contribution is -2.35. The van der Waals surface area contributed by atoms with E-state index in [0.29, 0.717) is 17.5 Å². The van der Waals surface area contributed by atoms with Gasteiger partial charge < -0.3 is 19.9 Å². The Bertz CT molecular complexity index is 1000. The summed E-state index contributed by atoms with van der Waals surface area (Å²) < 4.78 is 15.8. The zero-order chi connectivity index (χ0) is 18.4. The first-order valence-electron chi connectivity index (χ1n) is 8.52. The first kappa shape index (κ1) is 16.4. The Morgan fingerprint density at radius 1 is 1.35 bits per heavy atom. The van der Waals surface area contributed by atoms with Crippen LogP contribution in [-0.2, 0) is 17.8 Å². The van der Waals surface area contributed by atoms with E-state index in [1.54, 1.807) is 6.07 Å². The Labute approximate surface area is 150 Å². The van der Waals surface area contributed by atoms with E-state index >= 15 is 0 Å². The van der Waals surface area contributed by atoms with Crippen molar-refractivity contribution in [3.05, 3.63) is 71.1 Å². The molecule has 5 nitrogen and oxygen atoms in total. The Morgan fingerprint density at radius 2 is 2.15 bits per heavy atom. The molecule has 0 fully saturated rings. The Kier molecular flexibility index (Phi) is 3.83. The fraction of sp³-hybridized carbons (Fsp3) is 0.250. The maximum Gasteiger partial charge on any atom is 0.307 e. The number of aromatic nitrogens is 1. The summed E-state index contributed by atoms with van der Waals surface area (Å²) in [5.41, 5.74) is 4.61. The molecule has 4 rings (SSSR count). The number of hydrogen-bond acceptors (Lipinski definition) is 3. The minimum Gasteiger partial charge on any atom is -0.481 e. The van der Waals surface area contributed by atoms with Crippen LogP contribution >= 0.6 is 0 Å². The maximum absolute atomic E-state index is 13.7. The second-order valence-corrected chi connectivity index (χ2v) is 6.78. The molecule has 0 aliphatic carbocycles. The molecule has 2 N–H and O–H groups in total. The molecule has 0 saturated carbocycles. The third-order valence-corrected chi connectivity index (χ3v) is 5.05. The SMILES string of the molecule is CC1=CC=CN2C=C(Cn3c(C)c(CC(=O)O)c4cc(F)ccc43)NC12. The van der Waals surface area contributed by atoms with Crippen LogP contribution in [0, 0.1) is 12.7 Å². The maximum atomic E-state index is 13.7. The van der Waals surface area contributed by atoms with E-state index in [-0.39, 0.29) is 18.4 Å². The number of halogens is 1. The molecule has 0 amide bonds. The van der Waals surface area contributed by atoms with Crippen molar-refractivity contribution in [3.63, 3.8) is 0 Å². The zero-order valence-electron chi connectivity index (χ0n) is 14.7. The van der Waals surface area contributed by atoms with E-state index in [2.05, 4.69) is 29.4 Å². The van der Waals surface area contributed by atoms with Gasteiger partial charge in [0, 0.05) is 34.7 Å². The number of benzene rings is 1. The average molecular weight is 353 g/mol. The lowest BCUT2D eigenvalue weighted by atomic mass is 10.1. The van der Waals surface area contributed by atoms with Crippen LogP contribution in [0.4, 0.5) is 4.39 Å². The van der Waals surface area contributed by atoms with Gasteiger partial charge >= 0.3 is 5.97 Å². The van der Waals surface area contributed by atoms with E-state index in [4.69, 9.17) is 0 Å². The van der Waals surface area contributed by atoms with E-state index < -0.39 is 5.97 Å². The quantitative estimate of drug-likeness (QED) is 0.886. The monoisotopic (exact) mass is 353 g/mol. The Morgan fingerprint density at radius 3 is 2.88 bits per heavy atom. The number of carboxylic acids is 1. The fourth-order valence-electron chi connectivity index (χ4n) is 3.76. The number of carbonyl (C=O) groups is 1. The highest BCUT2D eigenvalue weighted by molar-refractivity contribution is 5.89. The van der Waals surface area contributed by atoms with Gasteiger partial charge in [-0.3, -0.25) is 4.79 Å². The third kappa shape index (κ3) is 2.67.